The van der Waals surface area contributed by atoms with Gasteiger partial charge in [-0.3, -0.25) is 0 Å². The lowest BCUT2D eigenvalue weighted by atomic mass is 9.63. The van der Waals surface area contributed by atoms with Crippen molar-refractivity contribution in [3.05, 3.63) is 0 Å². The molecule has 4 aliphatic rings. The molecule has 4 aliphatic carbocycles. The zero-order chi connectivity index (χ0) is 24.2. The maximum atomic E-state index is 15.4. The predicted octanol–water partition coefficient (Wildman–Crippen LogP) is 9.60. The van der Waals surface area contributed by atoms with Crippen molar-refractivity contribution in [3.8, 4) is 0 Å². The van der Waals surface area contributed by atoms with Gasteiger partial charge >= 0.3 is 0 Å². The van der Waals surface area contributed by atoms with Gasteiger partial charge in [0.25, 0.3) is 0 Å². The van der Waals surface area contributed by atoms with E-state index in [-0.39, 0.29) is 23.7 Å². The van der Waals surface area contributed by atoms with Crippen LogP contribution in [0.25, 0.3) is 0 Å². The largest absolute Gasteiger partial charge is 0.244 e. The van der Waals surface area contributed by atoms with Crippen LogP contribution in [0.15, 0.2) is 0 Å². The minimum Gasteiger partial charge on any atom is -0.244 e. The summed E-state index contributed by atoms with van der Waals surface area (Å²) in [5, 5.41) is 0. The molecule has 8 unspecified atom stereocenters. The van der Waals surface area contributed by atoms with Crippen LogP contribution in [0, 0.1) is 47.3 Å². The third-order valence-corrected chi connectivity index (χ3v) is 10.9. The molecule has 0 bridgehead atoms. The van der Waals surface area contributed by atoms with Crippen LogP contribution in [0.1, 0.15) is 117 Å². The molecule has 0 spiro atoms. The molecule has 4 heteroatoms. The van der Waals surface area contributed by atoms with Gasteiger partial charge in [-0.05, 0) is 105 Å². The van der Waals surface area contributed by atoms with E-state index in [0.717, 1.165) is 83.0 Å². The van der Waals surface area contributed by atoms with E-state index in [9.17, 15) is 8.78 Å². The average Bonchev–Trinajstić information content (AvgIpc) is 2.85. The van der Waals surface area contributed by atoms with Crippen molar-refractivity contribution in [2.75, 3.05) is 0 Å². The van der Waals surface area contributed by atoms with Gasteiger partial charge in [0.2, 0.25) is 0 Å². The highest BCUT2D eigenvalue weighted by molar-refractivity contribution is 4.95. The van der Waals surface area contributed by atoms with Crippen molar-refractivity contribution >= 4 is 0 Å². The van der Waals surface area contributed by atoms with Crippen molar-refractivity contribution in [3.63, 3.8) is 0 Å². The van der Waals surface area contributed by atoms with E-state index in [1.165, 1.54) is 25.7 Å². The molecular formula is C30H50F4. The fraction of sp³-hybridized carbons (Fsp3) is 1.00. The summed E-state index contributed by atoms with van der Waals surface area (Å²) in [4.78, 5) is 0. The van der Waals surface area contributed by atoms with E-state index in [4.69, 9.17) is 0 Å². The number of halogens is 4. The maximum absolute atomic E-state index is 15.4. The van der Waals surface area contributed by atoms with Gasteiger partial charge in [0.05, 0.1) is 0 Å². The molecule has 0 nitrogen and oxygen atoms in total. The first-order valence-corrected chi connectivity index (χ1v) is 14.9. The van der Waals surface area contributed by atoms with Gasteiger partial charge in [-0.1, -0.05) is 58.8 Å². The van der Waals surface area contributed by atoms with E-state index >= 15 is 8.78 Å². The minimum atomic E-state index is -1.30. The standard InChI is InChI=1S/C30H50F4/c1-3-4-20-6-12-22(13-7-20)25-17-18-26(30(34)29(25)33)23-14-8-21(9-15-23)10-16-24-11-5-19(2)27(31)28(24)32/h19-30H,3-18H2,1-2H3. The summed E-state index contributed by atoms with van der Waals surface area (Å²) in [6, 6.07) is 0. The lowest BCUT2D eigenvalue weighted by molar-refractivity contribution is -0.0374. The molecule has 0 aromatic rings. The Morgan fingerprint density at radius 2 is 1.00 bits per heavy atom. The Bertz CT molecular complexity index is 595. The molecule has 0 aromatic carbocycles. The molecule has 0 N–H and O–H groups in total. The van der Waals surface area contributed by atoms with Crippen molar-refractivity contribution in [1.82, 2.24) is 0 Å². The van der Waals surface area contributed by atoms with Crippen LogP contribution in [-0.2, 0) is 0 Å². The highest BCUT2D eigenvalue weighted by atomic mass is 19.2. The van der Waals surface area contributed by atoms with Crippen LogP contribution in [-0.4, -0.2) is 24.7 Å². The number of rotatable bonds is 7. The molecule has 34 heavy (non-hydrogen) atoms. The Kier molecular flexibility index (Phi) is 9.69. The second kappa shape index (κ2) is 12.3. The summed E-state index contributed by atoms with van der Waals surface area (Å²) >= 11 is 0. The molecule has 4 rings (SSSR count). The summed E-state index contributed by atoms with van der Waals surface area (Å²) in [7, 11) is 0. The zero-order valence-electron chi connectivity index (χ0n) is 21.8. The fourth-order valence-electron chi connectivity index (χ4n) is 8.51. The first kappa shape index (κ1) is 26.8. The number of hydrogen-bond donors (Lipinski definition) is 0. The number of alkyl halides is 4. The predicted molar refractivity (Wildman–Crippen MR) is 133 cm³/mol. The zero-order valence-corrected chi connectivity index (χ0v) is 21.8. The summed E-state index contributed by atoms with van der Waals surface area (Å²) < 4.78 is 59.2. The minimum absolute atomic E-state index is 0.0589. The second-order valence-electron chi connectivity index (χ2n) is 12.9. The van der Waals surface area contributed by atoms with Crippen LogP contribution >= 0.6 is 0 Å². The van der Waals surface area contributed by atoms with Crippen LogP contribution in [0.5, 0.6) is 0 Å². The lowest BCUT2D eigenvalue weighted by Gasteiger charge is -2.45. The molecule has 0 aromatic heterocycles. The molecule has 0 saturated heterocycles. The van der Waals surface area contributed by atoms with Crippen LogP contribution in [0.3, 0.4) is 0 Å². The van der Waals surface area contributed by atoms with Gasteiger partial charge < -0.3 is 0 Å². The van der Waals surface area contributed by atoms with Crippen molar-refractivity contribution in [1.29, 1.82) is 0 Å². The summed E-state index contributed by atoms with van der Waals surface area (Å²) in [5.41, 5.74) is 0. The maximum Gasteiger partial charge on any atom is 0.134 e. The van der Waals surface area contributed by atoms with E-state index in [0.29, 0.717) is 17.8 Å². The first-order chi connectivity index (χ1) is 16.4. The molecule has 0 amide bonds. The van der Waals surface area contributed by atoms with Gasteiger partial charge in [-0.25, -0.2) is 17.6 Å². The second-order valence-corrected chi connectivity index (χ2v) is 12.9. The van der Waals surface area contributed by atoms with E-state index < -0.39 is 24.7 Å². The van der Waals surface area contributed by atoms with Gasteiger partial charge in [-0.15, -0.1) is 0 Å². The monoisotopic (exact) mass is 486 g/mol. The summed E-state index contributed by atoms with van der Waals surface area (Å²) in [6.45, 7) is 4.06. The van der Waals surface area contributed by atoms with Gasteiger partial charge in [0, 0.05) is 0 Å². The Morgan fingerprint density at radius 3 is 1.50 bits per heavy atom. The topological polar surface area (TPSA) is 0 Å². The Hall–Kier alpha value is -0.280. The first-order valence-electron chi connectivity index (χ1n) is 14.9. The molecule has 4 saturated carbocycles. The highest BCUT2D eigenvalue weighted by Crippen LogP contribution is 2.49. The fourth-order valence-corrected chi connectivity index (χ4v) is 8.51. The van der Waals surface area contributed by atoms with Crippen LogP contribution < -0.4 is 0 Å². The molecular weight excluding hydrogens is 436 g/mol. The lowest BCUT2D eigenvalue weighted by Crippen LogP contribution is -2.45. The quantitative estimate of drug-likeness (QED) is 0.314. The van der Waals surface area contributed by atoms with Gasteiger partial charge in [-0.2, -0.15) is 0 Å². The van der Waals surface area contributed by atoms with E-state index in [1.54, 1.807) is 0 Å². The SMILES string of the molecule is CCCC1CCC(C2CCC(C3CCC(CCC4CCC(C)C(F)C4F)CC3)C(F)C2F)CC1. The van der Waals surface area contributed by atoms with Crippen molar-refractivity contribution in [2.24, 2.45) is 47.3 Å². The normalized spacial score (nSPS) is 48.5. The van der Waals surface area contributed by atoms with Gasteiger partial charge in [0.15, 0.2) is 0 Å². The summed E-state index contributed by atoms with van der Waals surface area (Å²) in [6.07, 6.45) is 11.1. The Balaban J connectivity index is 1.19. The Morgan fingerprint density at radius 1 is 0.500 bits per heavy atom. The third-order valence-electron chi connectivity index (χ3n) is 10.9. The van der Waals surface area contributed by atoms with Crippen molar-refractivity contribution < 1.29 is 17.6 Å². The molecule has 8 atom stereocenters. The molecule has 0 aliphatic heterocycles. The summed E-state index contributed by atoms with van der Waals surface area (Å²) in [5.74, 6) is 1.62. The third kappa shape index (κ3) is 6.16. The molecule has 0 heterocycles. The number of hydrogen-bond acceptors (Lipinski definition) is 0. The smallest absolute Gasteiger partial charge is 0.134 e. The molecule has 4 fully saturated rings. The van der Waals surface area contributed by atoms with Gasteiger partial charge in [0.1, 0.15) is 24.7 Å². The molecule has 198 valence electrons. The van der Waals surface area contributed by atoms with E-state index in [1.807, 2.05) is 6.92 Å². The van der Waals surface area contributed by atoms with Crippen LogP contribution in [0.4, 0.5) is 17.6 Å². The average molecular weight is 487 g/mol. The molecule has 0 radical (unpaired) electrons. The van der Waals surface area contributed by atoms with Crippen molar-refractivity contribution in [2.45, 2.75) is 141 Å². The highest BCUT2D eigenvalue weighted by Gasteiger charge is 2.47. The Labute approximate surface area is 206 Å². The van der Waals surface area contributed by atoms with E-state index in [2.05, 4.69) is 6.92 Å². The van der Waals surface area contributed by atoms with Crippen LogP contribution in [0.2, 0.25) is 0 Å².